The third-order valence-electron chi connectivity index (χ3n) is 3.21. The van der Waals surface area contributed by atoms with E-state index in [9.17, 15) is 4.79 Å². The molecule has 1 aliphatic carbocycles. The molecule has 0 spiro atoms. The molecule has 2 aromatic rings. The molecule has 4 nitrogen and oxygen atoms in total. The van der Waals surface area contributed by atoms with Crippen LogP contribution in [-0.4, -0.2) is 15.0 Å². The number of aromatic nitrogens is 3. The fourth-order valence-corrected chi connectivity index (χ4v) is 2.91. The predicted octanol–water partition coefficient (Wildman–Crippen LogP) is 2.93. The maximum atomic E-state index is 12.0. The Morgan fingerprint density at radius 2 is 1.84 bits per heavy atom. The summed E-state index contributed by atoms with van der Waals surface area (Å²) in [5, 5.41) is 0. The average Bonchev–Trinajstić information content (AvgIpc) is 3.15. The monoisotopic (exact) mass is 367 g/mol. The van der Waals surface area contributed by atoms with Gasteiger partial charge in [0.05, 0.1) is 9.26 Å². The number of nitrogens with zero attached hydrogens (tertiary/aromatic N) is 2. The molecule has 0 unspecified atom stereocenters. The van der Waals surface area contributed by atoms with Gasteiger partial charge in [-0.1, -0.05) is 0 Å². The molecule has 0 aliphatic heterocycles. The van der Waals surface area contributed by atoms with Gasteiger partial charge in [-0.05, 0) is 61.4 Å². The van der Waals surface area contributed by atoms with E-state index in [0.29, 0.717) is 11.7 Å². The Morgan fingerprint density at radius 3 is 2.42 bits per heavy atom. The van der Waals surface area contributed by atoms with Crippen LogP contribution in [0.5, 0.6) is 0 Å². The Labute approximate surface area is 124 Å². The fraction of sp³-hybridized carbons (Fsp3) is 0.357. The second-order valence-electron chi connectivity index (χ2n) is 5.03. The van der Waals surface area contributed by atoms with Crippen molar-refractivity contribution in [1.82, 2.24) is 15.0 Å². The summed E-state index contributed by atoms with van der Waals surface area (Å²) in [7, 11) is 0. The van der Waals surface area contributed by atoms with Gasteiger partial charge >= 0.3 is 0 Å². The van der Waals surface area contributed by atoms with Crippen LogP contribution >= 0.6 is 22.6 Å². The van der Waals surface area contributed by atoms with Gasteiger partial charge in [0.25, 0.3) is 5.56 Å². The topological polar surface area (TPSA) is 58.6 Å². The summed E-state index contributed by atoms with van der Waals surface area (Å²) in [6.45, 7) is 3.90. The van der Waals surface area contributed by atoms with E-state index in [-0.39, 0.29) is 5.56 Å². The van der Waals surface area contributed by atoms with Crippen molar-refractivity contribution in [3.8, 4) is 11.4 Å². The maximum absolute atomic E-state index is 12.0. The number of hydrogen-bond donors (Lipinski definition) is 1. The highest BCUT2D eigenvalue weighted by Crippen LogP contribution is 2.40. The molecule has 0 aromatic carbocycles. The lowest BCUT2D eigenvalue weighted by molar-refractivity contribution is 0.956. The second-order valence-corrected chi connectivity index (χ2v) is 6.11. The van der Waals surface area contributed by atoms with Gasteiger partial charge in [-0.25, -0.2) is 4.98 Å². The van der Waals surface area contributed by atoms with Gasteiger partial charge in [-0.15, -0.1) is 0 Å². The molecule has 1 fully saturated rings. The van der Waals surface area contributed by atoms with E-state index >= 15 is 0 Å². The van der Waals surface area contributed by atoms with Crippen LogP contribution < -0.4 is 5.56 Å². The van der Waals surface area contributed by atoms with Crippen molar-refractivity contribution in [3.63, 3.8) is 0 Å². The number of H-pyrrole nitrogens is 1. The molecule has 1 saturated carbocycles. The Balaban J connectivity index is 2.17. The third kappa shape index (κ3) is 2.56. The van der Waals surface area contributed by atoms with Gasteiger partial charge in [0, 0.05) is 22.9 Å². The van der Waals surface area contributed by atoms with E-state index in [4.69, 9.17) is 0 Å². The van der Waals surface area contributed by atoms with Crippen LogP contribution in [0, 0.1) is 17.4 Å². The van der Waals surface area contributed by atoms with Crippen molar-refractivity contribution in [1.29, 1.82) is 0 Å². The molecular formula is C14H14IN3O. The van der Waals surface area contributed by atoms with Crippen molar-refractivity contribution >= 4 is 22.6 Å². The molecule has 5 heteroatoms. The van der Waals surface area contributed by atoms with Crippen LogP contribution in [0.2, 0.25) is 0 Å². The summed E-state index contributed by atoms with van der Waals surface area (Å²) >= 11 is 2.09. The number of aryl methyl sites for hydroxylation is 2. The van der Waals surface area contributed by atoms with Crippen molar-refractivity contribution in [2.75, 3.05) is 0 Å². The summed E-state index contributed by atoms with van der Waals surface area (Å²) in [5.41, 5.74) is 3.71. The van der Waals surface area contributed by atoms with Crippen LogP contribution in [0.4, 0.5) is 0 Å². The van der Waals surface area contributed by atoms with Crippen LogP contribution in [-0.2, 0) is 0 Å². The minimum Gasteiger partial charge on any atom is -0.306 e. The van der Waals surface area contributed by atoms with Gasteiger partial charge in [0.1, 0.15) is 5.82 Å². The van der Waals surface area contributed by atoms with Crippen molar-refractivity contribution in [3.05, 3.63) is 43.1 Å². The number of aromatic amines is 1. The number of rotatable bonds is 2. The zero-order valence-corrected chi connectivity index (χ0v) is 13.0. The lowest BCUT2D eigenvalue weighted by Crippen LogP contribution is -2.16. The average molecular weight is 367 g/mol. The molecular weight excluding hydrogens is 353 g/mol. The first-order valence-electron chi connectivity index (χ1n) is 6.30. The lowest BCUT2D eigenvalue weighted by Gasteiger charge is -2.07. The van der Waals surface area contributed by atoms with Gasteiger partial charge < -0.3 is 4.98 Å². The Morgan fingerprint density at radius 1 is 1.21 bits per heavy atom. The van der Waals surface area contributed by atoms with E-state index in [0.717, 1.165) is 39.1 Å². The minimum absolute atomic E-state index is 0.0420. The van der Waals surface area contributed by atoms with Crippen LogP contribution in [0.25, 0.3) is 11.4 Å². The summed E-state index contributed by atoms with van der Waals surface area (Å²) in [5.74, 6) is 1.12. The van der Waals surface area contributed by atoms with Gasteiger partial charge in [-0.3, -0.25) is 9.78 Å². The van der Waals surface area contributed by atoms with Crippen LogP contribution in [0.15, 0.2) is 16.9 Å². The van der Waals surface area contributed by atoms with Gasteiger partial charge in [0.15, 0.2) is 0 Å². The quantitative estimate of drug-likeness (QED) is 0.831. The Kier molecular flexibility index (Phi) is 3.16. The number of halogens is 1. The van der Waals surface area contributed by atoms with E-state index in [1.165, 1.54) is 0 Å². The Bertz CT molecular complexity index is 684. The van der Waals surface area contributed by atoms with Crippen LogP contribution in [0.3, 0.4) is 0 Å². The fourth-order valence-electron chi connectivity index (χ4n) is 2.21. The molecule has 3 rings (SSSR count). The predicted molar refractivity (Wildman–Crippen MR) is 82.3 cm³/mol. The minimum atomic E-state index is -0.0420. The highest BCUT2D eigenvalue weighted by Gasteiger charge is 2.29. The molecule has 0 atom stereocenters. The van der Waals surface area contributed by atoms with E-state index in [1.807, 2.05) is 26.0 Å². The third-order valence-corrected chi connectivity index (χ3v) is 4.25. The van der Waals surface area contributed by atoms with Gasteiger partial charge in [-0.2, -0.15) is 0 Å². The standard InChI is InChI=1S/C14H14IN3O/c1-7-5-10(6-8(2)16-7)13-17-12(9-3-4-9)11(15)14(19)18-13/h5-6,9H,3-4H2,1-2H3,(H,17,18,19). The first-order valence-corrected chi connectivity index (χ1v) is 7.38. The molecule has 1 aliphatic rings. The summed E-state index contributed by atoms with van der Waals surface area (Å²) in [6, 6.07) is 3.91. The van der Waals surface area contributed by atoms with Crippen molar-refractivity contribution < 1.29 is 0 Å². The second kappa shape index (κ2) is 4.70. The zero-order chi connectivity index (χ0) is 13.6. The number of hydrogen-bond acceptors (Lipinski definition) is 3. The molecule has 19 heavy (non-hydrogen) atoms. The van der Waals surface area contributed by atoms with E-state index in [2.05, 4.69) is 37.5 Å². The molecule has 2 aromatic heterocycles. The molecule has 0 bridgehead atoms. The van der Waals surface area contributed by atoms with E-state index in [1.54, 1.807) is 0 Å². The highest BCUT2D eigenvalue weighted by molar-refractivity contribution is 14.1. The molecule has 2 heterocycles. The highest BCUT2D eigenvalue weighted by atomic mass is 127. The SMILES string of the molecule is Cc1cc(-c2nc(C3CC3)c(I)c(=O)[nH]2)cc(C)n1. The largest absolute Gasteiger partial charge is 0.306 e. The normalized spacial score (nSPS) is 14.7. The smallest absolute Gasteiger partial charge is 0.264 e. The first-order chi connectivity index (χ1) is 9.04. The van der Waals surface area contributed by atoms with Crippen molar-refractivity contribution in [2.45, 2.75) is 32.6 Å². The maximum Gasteiger partial charge on any atom is 0.264 e. The summed E-state index contributed by atoms with van der Waals surface area (Å²) in [6.07, 6.45) is 2.28. The molecule has 0 amide bonds. The Hall–Kier alpha value is -1.24. The molecule has 0 radical (unpaired) electrons. The van der Waals surface area contributed by atoms with E-state index < -0.39 is 0 Å². The number of pyridine rings is 1. The summed E-state index contributed by atoms with van der Waals surface area (Å²) in [4.78, 5) is 23.9. The molecule has 98 valence electrons. The summed E-state index contributed by atoms with van der Waals surface area (Å²) < 4.78 is 0.728. The zero-order valence-electron chi connectivity index (χ0n) is 10.8. The number of nitrogens with one attached hydrogen (secondary N) is 1. The lowest BCUT2D eigenvalue weighted by atomic mass is 10.1. The van der Waals surface area contributed by atoms with Crippen molar-refractivity contribution in [2.24, 2.45) is 0 Å². The molecule has 0 saturated heterocycles. The molecule has 1 N–H and O–H groups in total. The van der Waals surface area contributed by atoms with Crippen LogP contribution in [0.1, 0.15) is 35.8 Å². The van der Waals surface area contributed by atoms with Gasteiger partial charge in [0.2, 0.25) is 0 Å². The first kappa shape index (κ1) is 12.8.